The topological polar surface area (TPSA) is 278 Å². The lowest BCUT2D eigenvalue weighted by atomic mass is 9.98. The van der Waals surface area contributed by atoms with Gasteiger partial charge in [0.2, 0.25) is 25.9 Å². The number of aliphatic hydroxyl groups is 3. The van der Waals surface area contributed by atoms with Gasteiger partial charge in [0.05, 0.1) is 23.3 Å². The van der Waals surface area contributed by atoms with Crippen LogP contribution in [0.15, 0.2) is 47.7 Å². The van der Waals surface area contributed by atoms with Gasteiger partial charge in [-0.2, -0.15) is 0 Å². The van der Waals surface area contributed by atoms with Crippen molar-refractivity contribution in [1.29, 1.82) is 0 Å². The lowest BCUT2D eigenvalue weighted by molar-refractivity contribution is -0.271. The summed E-state index contributed by atoms with van der Waals surface area (Å²) in [6, 6.07) is 2.15. The summed E-state index contributed by atoms with van der Waals surface area (Å²) in [7, 11) is 1.17. The number of nitrogens with zero attached hydrogens (tertiary/aromatic N) is 3. The Balaban J connectivity index is 1.64. The number of carboxylic acids is 2. The first-order valence-electron chi connectivity index (χ1n) is 20.5. The third-order valence-corrected chi connectivity index (χ3v) is 10.1. The summed E-state index contributed by atoms with van der Waals surface area (Å²) in [6.07, 6.45) is 0.333. The Hall–Kier alpha value is -5.15. The zero-order valence-corrected chi connectivity index (χ0v) is 36.8. The van der Waals surface area contributed by atoms with Crippen molar-refractivity contribution in [2.75, 3.05) is 6.61 Å². The van der Waals surface area contributed by atoms with Crippen molar-refractivity contribution in [3.8, 4) is 5.75 Å². The largest absolute Gasteiger partial charge is 0.481 e. The molecular weight excluding hydrogens is 809 g/mol. The Bertz CT molecular complexity index is 1930. The first-order chi connectivity index (χ1) is 29.0. The predicted molar refractivity (Wildman–Crippen MR) is 226 cm³/mol. The molecule has 20 heteroatoms. The van der Waals surface area contributed by atoms with Gasteiger partial charge >= 0.3 is 11.9 Å². The van der Waals surface area contributed by atoms with Gasteiger partial charge in [-0.3, -0.25) is 23.9 Å². The molecule has 2 amide bonds. The highest BCUT2D eigenvalue weighted by atomic mass is 16.7. The molecule has 0 aliphatic carbocycles. The van der Waals surface area contributed by atoms with Crippen LogP contribution in [0.4, 0.5) is 4.79 Å². The second kappa shape index (κ2) is 23.3. The Morgan fingerprint density at radius 3 is 2.37 bits per heavy atom. The van der Waals surface area contributed by atoms with Crippen molar-refractivity contribution >= 4 is 37.5 Å². The first-order valence-corrected chi connectivity index (χ1v) is 20.5. The van der Waals surface area contributed by atoms with Crippen molar-refractivity contribution in [3.63, 3.8) is 0 Å². The lowest BCUT2D eigenvalue weighted by Crippen LogP contribution is -2.61. The molecule has 0 bridgehead atoms. The lowest BCUT2D eigenvalue weighted by Gasteiger charge is -2.38. The molecule has 0 spiro atoms. The Morgan fingerprint density at radius 2 is 1.73 bits per heavy atom. The van der Waals surface area contributed by atoms with Crippen LogP contribution in [0, 0.1) is 0 Å². The third kappa shape index (κ3) is 16.6. The van der Waals surface area contributed by atoms with Crippen LogP contribution < -0.4 is 15.4 Å². The van der Waals surface area contributed by atoms with Gasteiger partial charge in [-0.25, -0.2) is 4.79 Å². The minimum atomic E-state index is -2.01. The molecule has 0 saturated carbocycles. The Morgan fingerprint density at radius 1 is 1.02 bits per heavy atom. The number of hydrogen-bond acceptors (Lipinski definition) is 14. The maximum Gasteiger partial charge on any atom is 0.335 e. The first kappa shape index (κ1) is 51.2. The number of carbonyl (C=O) groups excluding carboxylic acids is 3. The van der Waals surface area contributed by atoms with Crippen LogP contribution in [0.25, 0.3) is 0 Å². The summed E-state index contributed by atoms with van der Waals surface area (Å²) in [6.45, 7) is 14.2. The number of aliphatic hydroxyl groups excluding tert-OH is 3. The number of allylic oxidation sites excluding steroid dienone is 4. The minimum absolute atomic E-state index is 0.197. The zero-order chi connectivity index (χ0) is 46.4. The normalized spacial score (nSPS) is 20.3. The van der Waals surface area contributed by atoms with Crippen LogP contribution >= 0.6 is 0 Å². The number of hydrogen-bond donors (Lipinski definition) is 7. The average Bonchev–Trinajstić information content (AvgIpc) is 3.62. The van der Waals surface area contributed by atoms with E-state index in [1.54, 1.807) is 13.8 Å². The number of aryl methyl sites for hydroxylation is 1. The van der Waals surface area contributed by atoms with E-state index in [-0.39, 0.29) is 30.1 Å². The number of rotatable bonds is 24. The fraction of sp³-hybridized carbons (Fsp3) is 0.595. The minimum Gasteiger partial charge on any atom is -0.481 e. The van der Waals surface area contributed by atoms with Crippen molar-refractivity contribution < 1.29 is 68.5 Å². The highest BCUT2D eigenvalue weighted by molar-refractivity contribution is 6.55. The van der Waals surface area contributed by atoms with E-state index in [0.717, 1.165) is 37.9 Å². The number of aliphatic carboxylic acids is 2. The molecule has 1 aliphatic rings. The molecule has 1 aromatic heterocycles. The molecule has 342 valence electrons. The van der Waals surface area contributed by atoms with Crippen molar-refractivity contribution in [1.82, 2.24) is 25.6 Å². The summed E-state index contributed by atoms with van der Waals surface area (Å²) >= 11 is 0. The van der Waals surface area contributed by atoms with E-state index in [9.17, 15) is 49.5 Å². The van der Waals surface area contributed by atoms with Gasteiger partial charge in [-0.05, 0) is 98.3 Å². The van der Waals surface area contributed by atoms with E-state index >= 15 is 0 Å². The Kier molecular flexibility index (Phi) is 19.3. The smallest absolute Gasteiger partial charge is 0.335 e. The van der Waals surface area contributed by atoms with Crippen molar-refractivity contribution in [3.05, 3.63) is 64.5 Å². The monoisotopic (exact) mass is 871 g/mol. The summed E-state index contributed by atoms with van der Waals surface area (Å²) in [5.41, 5.74) is 1.79. The molecule has 2 heterocycles. The number of carbonyl (C=O) groups is 5. The van der Waals surface area contributed by atoms with E-state index in [1.807, 2.05) is 24.7 Å². The van der Waals surface area contributed by atoms with E-state index < -0.39 is 83.9 Å². The summed E-state index contributed by atoms with van der Waals surface area (Å²) in [5, 5.41) is 63.8. The van der Waals surface area contributed by atoms with Gasteiger partial charge in [0.1, 0.15) is 36.7 Å². The fourth-order valence-electron chi connectivity index (χ4n) is 6.42. The molecule has 2 aromatic rings. The molecule has 0 unspecified atom stereocenters. The Labute approximate surface area is 362 Å². The molecule has 1 saturated heterocycles. The highest BCUT2D eigenvalue weighted by Crippen LogP contribution is 2.28. The molecular formula is C42H62BN5O14. The number of aromatic nitrogens is 3. The van der Waals surface area contributed by atoms with E-state index in [2.05, 4.69) is 53.9 Å². The third-order valence-electron chi connectivity index (χ3n) is 10.1. The number of carboxylic acid groups (broad SMARTS) is 2. The van der Waals surface area contributed by atoms with E-state index in [1.165, 1.54) is 37.2 Å². The van der Waals surface area contributed by atoms with Gasteiger partial charge in [-0.15, -0.1) is 5.10 Å². The molecule has 0 radical (unpaired) electrons. The molecule has 1 aliphatic heterocycles. The van der Waals surface area contributed by atoms with E-state index in [0.29, 0.717) is 12.8 Å². The van der Waals surface area contributed by atoms with Gasteiger partial charge in [0, 0.05) is 31.3 Å². The van der Waals surface area contributed by atoms with Gasteiger partial charge < -0.3 is 55.1 Å². The van der Waals surface area contributed by atoms with Crippen molar-refractivity contribution in [2.24, 2.45) is 0 Å². The van der Waals surface area contributed by atoms with Crippen LogP contribution in [0.5, 0.6) is 5.75 Å². The molecule has 6 atom stereocenters. The maximum atomic E-state index is 13.8. The number of nitrogens with one attached hydrogen (secondary N) is 2. The van der Waals surface area contributed by atoms with Crippen LogP contribution in [-0.2, 0) is 48.2 Å². The second-order valence-corrected chi connectivity index (χ2v) is 16.8. The molecule has 19 nitrogen and oxygen atoms in total. The fourth-order valence-corrected chi connectivity index (χ4v) is 6.42. The molecule has 3 rings (SSSR count). The highest BCUT2D eigenvalue weighted by Gasteiger charge is 2.48. The van der Waals surface area contributed by atoms with Gasteiger partial charge in [-0.1, -0.05) is 34.6 Å². The van der Waals surface area contributed by atoms with Gasteiger partial charge in [0.15, 0.2) is 6.10 Å². The van der Waals surface area contributed by atoms with Gasteiger partial charge in [0.25, 0.3) is 5.91 Å². The molecule has 7 N–H and O–H groups in total. The molecule has 1 fully saturated rings. The van der Waals surface area contributed by atoms with Crippen LogP contribution in [0.1, 0.15) is 109 Å². The average molecular weight is 872 g/mol. The summed E-state index contributed by atoms with van der Waals surface area (Å²) < 4.78 is 23.9. The quantitative estimate of drug-likeness (QED) is 0.0588. The number of benzene rings is 1. The van der Waals surface area contributed by atoms with Crippen LogP contribution in [0.2, 0.25) is 0 Å². The number of amides is 2. The number of ether oxygens (including phenoxy) is 4. The van der Waals surface area contributed by atoms with Crippen LogP contribution in [0.3, 0.4) is 0 Å². The zero-order valence-electron chi connectivity index (χ0n) is 36.8. The maximum absolute atomic E-state index is 13.8. The summed E-state index contributed by atoms with van der Waals surface area (Å²) in [5.74, 6) is -5.93. The van der Waals surface area contributed by atoms with Crippen molar-refractivity contribution in [2.45, 2.75) is 154 Å². The standard InChI is InChI=1S/C42H62BN5O14/c1-8-24(2)11-9-12-25(3)13-10-17-48-22-27(46-47-48)21-42(6,7)60-18-16-41(4,5)45-37(55)29(20-31(49)50)44-36(54)28-19-26(23-59-40(43)58)14-15-30(28)61-39-34(53)32(51)33(52)35(62-39)38(56)57/h8,12,14-15,19,22,29,32-35,39,51-53H,9-11,13,16-18,20-21,23,43H2,1-7H3,(H,44,54)(H,45,55)(H,49,50)(H,56,57)/b24-8+,25-12+/t29-,32-,33-,34+,35-,39+/m0/s1. The molecule has 1 aromatic carbocycles. The van der Waals surface area contributed by atoms with Crippen LogP contribution in [-0.4, -0.2) is 132 Å². The second-order valence-electron chi connectivity index (χ2n) is 16.8. The van der Waals surface area contributed by atoms with E-state index in [4.69, 9.17) is 18.9 Å². The SMILES string of the molecule is BC(=O)OCc1ccc(O[C@@H]2O[C@H](C(=O)O)[C@@H](O)[C@H](O)[C@H]2O)c(C(=O)N[C@@H](CC(=O)O)C(=O)NC(C)(C)CCOC(C)(C)Cc2cn(CCC/C(C)=C/CC/C(C)=C/C)nn2)c1. The molecule has 62 heavy (non-hydrogen) atoms. The summed E-state index contributed by atoms with van der Waals surface area (Å²) in [4.78, 5) is 62.5. The predicted octanol–water partition coefficient (Wildman–Crippen LogP) is 2.19.